The molecule has 1 aliphatic carbocycles. The van der Waals surface area contributed by atoms with E-state index in [-0.39, 0.29) is 5.91 Å². The highest BCUT2D eigenvalue weighted by Gasteiger charge is 2.26. The van der Waals surface area contributed by atoms with Gasteiger partial charge in [-0.15, -0.1) is 0 Å². The normalized spacial score (nSPS) is 19.3. The molecule has 0 N–H and O–H groups in total. The quantitative estimate of drug-likeness (QED) is 0.714. The fourth-order valence-corrected chi connectivity index (χ4v) is 2.22. The molecule has 0 saturated heterocycles. The molecule has 15 heavy (non-hydrogen) atoms. The second-order valence-electron chi connectivity index (χ2n) is 4.33. The van der Waals surface area contributed by atoms with E-state index in [0.717, 1.165) is 12.8 Å². The minimum atomic E-state index is -0.447. The molecule has 0 radical (unpaired) electrons. The molecule has 0 aromatic heterocycles. The molecular weight excluding hydrogens is 188 g/mol. The van der Waals surface area contributed by atoms with Gasteiger partial charge in [0.25, 0.3) is 0 Å². The van der Waals surface area contributed by atoms with Gasteiger partial charge in [-0.1, -0.05) is 26.2 Å². The number of carbonyl (C=O) groups is 1. The lowest BCUT2D eigenvalue weighted by Gasteiger charge is -2.32. The van der Waals surface area contributed by atoms with E-state index in [4.69, 9.17) is 5.26 Å². The Morgan fingerprint density at radius 1 is 1.47 bits per heavy atom. The molecule has 1 fully saturated rings. The minimum absolute atomic E-state index is 0.00639. The van der Waals surface area contributed by atoms with Gasteiger partial charge in [0, 0.05) is 13.1 Å². The number of nitriles is 1. The fourth-order valence-electron chi connectivity index (χ4n) is 2.22. The smallest absolute Gasteiger partial charge is 0.239 e. The zero-order valence-corrected chi connectivity index (χ0v) is 9.70. The third-order valence-corrected chi connectivity index (χ3v) is 3.33. The van der Waals surface area contributed by atoms with Crippen molar-refractivity contribution in [1.29, 1.82) is 5.26 Å². The number of hydrogen-bond acceptors (Lipinski definition) is 2. The van der Waals surface area contributed by atoms with Crippen molar-refractivity contribution >= 4 is 5.91 Å². The van der Waals surface area contributed by atoms with Crippen molar-refractivity contribution in [1.82, 2.24) is 4.90 Å². The van der Waals surface area contributed by atoms with Gasteiger partial charge in [0.1, 0.15) is 5.92 Å². The predicted octanol–water partition coefficient (Wildman–Crippen LogP) is 2.33. The summed E-state index contributed by atoms with van der Waals surface area (Å²) < 4.78 is 0. The third kappa shape index (κ3) is 2.95. The molecule has 0 aromatic rings. The van der Waals surface area contributed by atoms with Gasteiger partial charge in [0.05, 0.1) is 6.07 Å². The van der Waals surface area contributed by atoms with E-state index in [0.29, 0.717) is 12.5 Å². The summed E-state index contributed by atoms with van der Waals surface area (Å²) >= 11 is 0. The lowest BCUT2D eigenvalue weighted by Crippen LogP contribution is -2.41. The molecule has 1 atom stereocenters. The summed E-state index contributed by atoms with van der Waals surface area (Å²) in [6, 6.07) is 2.45. The zero-order valence-electron chi connectivity index (χ0n) is 9.70. The molecule has 1 unspecified atom stereocenters. The lowest BCUT2D eigenvalue weighted by molar-refractivity contribution is -0.135. The van der Waals surface area contributed by atoms with Crippen LogP contribution in [-0.2, 0) is 4.79 Å². The average molecular weight is 208 g/mol. The maximum absolute atomic E-state index is 11.9. The van der Waals surface area contributed by atoms with Crippen molar-refractivity contribution < 1.29 is 4.79 Å². The van der Waals surface area contributed by atoms with Crippen molar-refractivity contribution in [3.8, 4) is 6.07 Å². The summed E-state index contributed by atoms with van der Waals surface area (Å²) in [5.74, 6) is -0.441. The molecule has 0 heterocycles. The maximum atomic E-state index is 11.9. The van der Waals surface area contributed by atoms with Crippen LogP contribution in [0.15, 0.2) is 0 Å². The molecule has 84 valence electrons. The van der Waals surface area contributed by atoms with Crippen LogP contribution in [-0.4, -0.2) is 23.9 Å². The second-order valence-corrected chi connectivity index (χ2v) is 4.33. The van der Waals surface area contributed by atoms with Crippen molar-refractivity contribution in [2.24, 2.45) is 5.92 Å². The monoisotopic (exact) mass is 208 g/mol. The molecule has 1 aliphatic rings. The molecule has 1 rings (SSSR count). The summed E-state index contributed by atoms with van der Waals surface area (Å²) in [6.45, 7) is 1.89. The fraction of sp³-hybridized carbons (Fsp3) is 0.833. The van der Waals surface area contributed by atoms with E-state index in [1.54, 1.807) is 4.90 Å². The zero-order chi connectivity index (χ0) is 11.3. The summed E-state index contributed by atoms with van der Waals surface area (Å²) in [5, 5.41) is 8.85. The first-order chi connectivity index (χ1) is 7.20. The highest BCUT2D eigenvalue weighted by Crippen LogP contribution is 2.23. The Hall–Kier alpha value is -1.04. The Morgan fingerprint density at radius 3 is 2.53 bits per heavy atom. The number of carbonyl (C=O) groups excluding carboxylic acids is 1. The van der Waals surface area contributed by atoms with Gasteiger partial charge >= 0.3 is 0 Å². The van der Waals surface area contributed by atoms with Crippen LogP contribution in [0.5, 0.6) is 0 Å². The van der Waals surface area contributed by atoms with Crippen LogP contribution in [0.3, 0.4) is 0 Å². The van der Waals surface area contributed by atoms with E-state index >= 15 is 0 Å². The number of amides is 1. The van der Waals surface area contributed by atoms with Gasteiger partial charge in [-0.3, -0.25) is 4.79 Å². The van der Waals surface area contributed by atoms with Crippen molar-refractivity contribution in [3.63, 3.8) is 0 Å². The Bertz CT molecular complexity index is 251. The first-order valence-electron chi connectivity index (χ1n) is 5.87. The highest BCUT2D eigenvalue weighted by molar-refractivity contribution is 5.81. The minimum Gasteiger partial charge on any atom is -0.342 e. The van der Waals surface area contributed by atoms with Gasteiger partial charge in [0.15, 0.2) is 0 Å². The number of hydrogen-bond donors (Lipinski definition) is 0. The molecule has 0 bridgehead atoms. The van der Waals surface area contributed by atoms with E-state index in [2.05, 4.69) is 6.07 Å². The first-order valence-corrected chi connectivity index (χ1v) is 5.87. The molecular formula is C12H20N2O. The van der Waals surface area contributed by atoms with E-state index in [9.17, 15) is 4.79 Å². The Kier molecular flexibility index (Phi) is 4.61. The van der Waals surface area contributed by atoms with Crippen molar-refractivity contribution in [2.75, 3.05) is 7.05 Å². The van der Waals surface area contributed by atoms with E-state index in [1.165, 1.54) is 19.3 Å². The largest absolute Gasteiger partial charge is 0.342 e. The summed E-state index contributed by atoms with van der Waals surface area (Å²) in [6.07, 6.45) is 6.53. The van der Waals surface area contributed by atoms with Crippen LogP contribution in [0.4, 0.5) is 0 Å². The molecule has 0 aliphatic heterocycles. The molecule has 1 saturated carbocycles. The first kappa shape index (κ1) is 12.0. The predicted molar refractivity (Wildman–Crippen MR) is 59.0 cm³/mol. The van der Waals surface area contributed by atoms with Crippen LogP contribution in [0.25, 0.3) is 0 Å². The molecule has 3 nitrogen and oxygen atoms in total. The summed E-state index contributed by atoms with van der Waals surface area (Å²) in [5.41, 5.74) is 0. The maximum Gasteiger partial charge on any atom is 0.239 e. The molecule has 3 heteroatoms. The highest BCUT2D eigenvalue weighted by atomic mass is 16.2. The Morgan fingerprint density at radius 2 is 2.07 bits per heavy atom. The van der Waals surface area contributed by atoms with Crippen molar-refractivity contribution in [3.05, 3.63) is 0 Å². The van der Waals surface area contributed by atoms with Crippen LogP contribution in [0.2, 0.25) is 0 Å². The van der Waals surface area contributed by atoms with Crippen LogP contribution in [0.1, 0.15) is 45.4 Å². The Labute approximate surface area is 92.1 Å². The van der Waals surface area contributed by atoms with Gasteiger partial charge in [-0.05, 0) is 19.3 Å². The van der Waals surface area contributed by atoms with Gasteiger partial charge in [-0.2, -0.15) is 5.26 Å². The van der Waals surface area contributed by atoms with Gasteiger partial charge in [0.2, 0.25) is 5.91 Å². The van der Waals surface area contributed by atoms with Gasteiger partial charge in [-0.25, -0.2) is 0 Å². The summed E-state index contributed by atoms with van der Waals surface area (Å²) in [7, 11) is 1.85. The molecule has 0 aromatic carbocycles. The molecule has 0 spiro atoms. The number of rotatable bonds is 3. The lowest BCUT2D eigenvalue weighted by atomic mass is 9.93. The van der Waals surface area contributed by atoms with Crippen LogP contribution in [0, 0.1) is 17.2 Å². The van der Waals surface area contributed by atoms with Crippen molar-refractivity contribution in [2.45, 2.75) is 51.5 Å². The molecule has 1 amide bonds. The van der Waals surface area contributed by atoms with Crippen LogP contribution >= 0.6 is 0 Å². The van der Waals surface area contributed by atoms with E-state index < -0.39 is 5.92 Å². The topological polar surface area (TPSA) is 44.1 Å². The SMILES string of the molecule is CCC(C#N)C(=O)N(C)C1CCCCC1. The van der Waals surface area contributed by atoms with Gasteiger partial charge < -0.3 is 4.90 Å². The third-order valence-electron chi connectivity index (χ3n) is 3.33. The standard InChI is InChI=1S/C12H20N2O/c1-3-10(9-13)12(15)14(2)11-7-5-4-6-8-11/h10-11H,3-8H2,1-2H3. The average Bonchev–Trinajstić information content (AvgIpc) is 2.30. The Balaban J connectivity index is 2.54. The van der Waals surface area contributed by atoms with E-state index in [1.807, 2.05) is 14.0 Å². The summed E-state index contributed by atoms with van der Waals surface area (Å²) in [4.78, 5) is 13.7. The van der Waals surface area contributed by atoms with Crippen LogP contribution < -0.4 is 0 Å². The number of nitrogens with zero attached hydrogens (tertiary/aromatic N) is 2. The second kappa shape index (κ2) is 5.75.